The van der Waals surface area contributed by atoms with E-state index in [2.05, 4.69) is 26.8 Å². The number of ether oxygens (including phenoxy) is 2. The highest BCUT2D eigenvalue weighted by Gasteiger charge is 2.53. The molecule has 43 heavy (non-hydrogen) atoms. The van der Waals surface area contributed by atoms with Crippen LogP contribution in [0.5, 0.6) is 5.75 Å². The Morgan fingerprint density at radius 1 is 0.953 bits per heavy atom. The summed E-state index contributed by atoms with van der Waals surface area (Å²) in [6, 6.07) is 27.8. The molecule has 5 rings (SSSR count). The number of amides is 1. The van der Waals surface area contributed by atoms with Crippen molar-refractivity contribution in [1.29, 1.82) is 0 Å². The quantitative estimate of drug-likeness (QED) is 0.133. The molecule has 1 aliphatic rings. The fourth-order valence-corrected chi connectivity index (χ4v) is 5.33. The van der Waals surface area contributed by atoms with Crippen molar-refractivity contribution in [2.45, 2.75) is 31.0 Å². The Labute approximate surface area is 256 Å². The monoisotopic (exact) mass is 649 g/mol. The van der Waals surface area contributed by atoms with E-state index in [9.17, 15) is 13.6 Å². The Bertz CT molecular complexity index is 1590. The summed E-state index contributed by atoms with van der Waals surface area (Å²) in [4.78, 5) is 19.2. The van der Waals surface area contributed by atoms with Gasteiger partial charge in [-0.2, -0.15) is 0 Å². The zero-order chi connectivity index (χ0) is 30.2. The van der Waals surface area contributed by atoms with E-state index in [1.807, 2.05) is 66.7 Å². The highest BCUT2D eigenvalue weighted by Crippen LogP contribution is 2.44. The first-order chi connectivity index (χ1) is 20.9. The van der Waals surface area contributed by atoms with Crippen LogP contribution in [0.1, 0.15) is 34.8 Å². The number of carbonyl (C=O) groups is 1. The van der Waals surface area contributed by atoms with Crippen LogP contribution in [0.25, 0.3) is 0 Å². The largest absolute Gasteiger partial charge is 0.494 e. The van der Waals surface area contributed by atoms with Gasteiger partial charge in [0.1, 0.15) is 5.75 Å². The molecule has 0 saturated carbocycles. The molecule has 222 valence electrons. The van der Waals surface area contributed by atoms with Crippen LogP contribution in [0.3, 0.4) is 0 Å². The second-order valence-electron chi connectivity index (χ2n) is 10.0. The van der Waals surface area contributed by atoms with Crippen LogP contribution in [-0.4, -0.2) is 35.7 Å². The molecule has 7 nitrogen and oxygen atoms in total. The van der Waals surface area contributed by atoms with E-state index >= 15 is 0 Å². The Balaban J connectivity index is 1.50. The van der Waals surface area contributed by atoms with Crippen LogP contribution < -0.4 is 15.6 Å². The predicted molar refractivity (Wildman–Crippen MR) is 162 cm³/mol. The molecule has 2 atom stereocenters. The Morgan fingerprint density at radius 3 is 2.42 bits per heavy atom. The van der Waals surface area contributed by atoms with Gasteiger partial charge < -0.3 is 14.6 Å². The van der Waals surface area contributed by atoms with Crippen LogP contribution in [-0.2, 0) is 22.5 Å². The molecule has 1 amide bonds. The van der Waals surface area contributed by atoms with Crippen LogP contribution >= 0.6 is 15.9 Å². The van der Waals surface area contributed by atoms with E-state index in [0.29, 0.717) is 29.9 Å². The summed E-state index contributed by atoms with van der Waals surface area (Å²) < 4.78 is 40.1. The van der Waals surface area contributed by atoms with E-state index in [1.165, 1.54) is 6.07 Å². The third kappa shape index (κ3) is 7.10. The predicted octanol–water partition coefficient (Wildman–Crippen LogP) is 5.81. The van der Waals surface area contributed by atoms with Gasteiger partial charge in [-0.3, -0.25) is 10.2 Å². The summed E-state index contributed by atoms with van der Waals surface area (Å²) >= 11 is 3.63. The number of aliphatic imine (C=N–C) groups is 1. The molecule has 1 heterocycles. The van der Waals surface area contributed by atoms with Crippen molar-refractivity contribution in [3.8, 4) is 5.75 Å². The van der Waals surface area contributed by atoms with Crippen LogP contribution in [0.4, 0.5) is 8.78 Å². The van der Waals surface area contributed by atoms with Gasteiger partial charge in [-0.15, -0.1) is 0 Å². The van der Waals surface area contributed by atoms with E-state index < -0.39 is 29.2 Å². The summed E-state index contributed by atoms with van der Waals surface area (Å²) in [6.45, 7) is 0.481. The molecule has 0 aromatic heterocycles. The number of hydrazine groups is 1. The topological polar surface area (TPSA) is 92.2 Å². The summed E-state index contributed by atoms with van der Waals surface area (Å²) in [5.74, 6) is -1.45. The second kappa shape index (κ2) is 13.9. The van der Waals surface area contributed by atoms with Crippen LogP contribution in [0.15, 0.2) is 107 Å². The first kappa shape index (κ1) is 30.3. The Morgan fingerprint density at radius 2 is 1.70 bits per heavy atom. The molecule has 0 spiro atoms. The van der Waals surface area contributed by atoms with Crippen molar-refractivity contribution < 1.29 is 28.2 Å². The molecular weight excluding hydrogens is 620 g/mol. The summed E-state index contributed by atoms with van der Waals surface area (Å²) in [6.07, 6.45) is -0.0829. The smallest absolute Gasteiger partial charge is 0.266 e. The zero-order valence-corrected chi connectivity index (χ0v) is 24.7. The van der Waals surface area contributed by atoms with Gasteiger partial charge in [-0.25, -0.2) is 19.2 Å². The van der Waals surface area contributed by atoms with Crippen molar-refractivity contribution in [2.75, 3.05) is 13.2 Å². The normalized spacial score (nSPS) is 17.7. The first-order valence-electron chi connectivity index (χ1n) is 13.8. The Hall–Kier alpha value is -4.12. The van der Waals surface area contributed by atoms with Crippen molar-refractivity contribution >= 4 is 27.7 Å². The lowest BCUT2D eigenvalue weighted by molar-refractivity contribution is -0.130. The summed E-state index contributed by atoms with van der Waals surface area (Å²) in [5, 5.41) is 9.02. The van der Waals surface area contributed by atoms with E-state index in [4.69, 9.17) is 19.6 Å². The third-order valence-corrected chi connectivity index (χ3v) is 7.73. The molecule has 0 unspecified atom stereocenters. The molecule has 0 saturated heterocycles. The highest BCUT2D eigenvalue weighted by molar-refractivity contribution is 9.10. The second-order valence-corrected chi connectivity index (χ2v) is 10.9. The standard InChI is InChI=1S/C33H30BrF2N3O4/c34-27-10-5-4-9-26(27)30-33(20-22-7-2-1-3-8-22,32(41)39-37-21-23-11-16-28(35)29(36)19-23)38-31(43-30)24-12-14-25(15-13-24)42-18-6-17-40/h1-5,7-16,19,30,37,40H,6,17-18,20-21H2,(H,39,41)/t30-,33-/m0/s1. The number of carbonyl (C=O) groups excluding carboxylic acids is 1. The van der Waals surface area contributed by atoms with Crippen molar-refractivity contribution in [2.24, 2.45) is 4.99 Å². The van der Waals surface area contributed by atoms with E-state index in [0.717, 1.165) is 27.7 Å². The minimum atomic E-state index is -1.45. The zero-order valence-electron chi connectivity index (χ0n) is 23.1. The summed E-state index contributed by atoms with van der Waals surface area (Å²) in [7, 11) is 0. The van der Waals surface area contributed by atoms with Crippen molar-refractivity contribution in [3.63, 3.8) is 0 Å². The van der Waals surface area contributed by atoms with Crippen LogP contribution in [0, 0.1) is 11.6 Å². The van der Waals surface area contributed by atoms with E-state index in [-0.39, 0.29) is 25.5 Å². The average Bonchev–Trinajstić information content (AvgIpc) is 3.40. The number of nitrogens with zero attached hydrogens (tertiary/aromatic N) is 1. The Kier molecular flexibility index (Phi) is 9.81. The molecule has 10 heteroatoms. The first-order valence-corrected chi connectivity index (χ1v) is 14.5. The maximum absolute atomic E-state index is 14.2. The third-order valence-electron chi connectivity index (χ3n) is 7.01. The number of nitrogens with one attached hydrogen (secondary N) is 2. The molecule has 4 aromatic rings. The highest BCUT2D eigenvalue weighted by atomic mass is 79.9. The molecule has 3 N–H and O–H groups in total. The van der Waals surface area contributed by atoms with Gasteiger partial charge in [0.2, 0.25) is 5.90 Å². The molecule has 0 radical (unpaired) electrons. The lowest BCUT2D eigenvalue weighted by atomic mass is 9.82. The van der Waals surface area contributed by atoms with E-state index in [1.54, 1.807) is 12.1 Å². The lowest BCUT2D eigenvalue weighted by Gasteiger charge is -2.31. The van der Waals surface area contributed by atoms with Crippen LogP contribution in [0.2, 0.25) is 0 Å². The molecule has 4 aromatic carbocycles. The molecule has 0 bridgehead atoms. The van der Waals surface area contributed by atoms with Crippen molar-refractivity contribution in [1.82, 2.24) is 10.9 Å². The lowest BCUT2D eigenvalue weighted by Crippen LogP contribution is -2.53. The molecular formula is C33H30BrF2N3O4. The maximum atomic E-state index is 14.2. The number of hydrogen-bond donors (Lipinski definition) is 3. The number of halogens is 3. The van der Waals surface area contributed by atoms with Gasteiger partial charge in [0.25, 0.3) is 5.91 Å². The average molecular weight is 651 g/mol. The number of rotatable bonds is 12. The number of aliphatic hydroxyl groups is 1. The number of hydrogen-bond acceptors (Lipinski definition) is 6. The number of benzene rings is 4. The maximum Gasteiger partial charge on any atom is 0.266 e. The van der Waals surface area contributed by atoms with Gasteiger partial charge in [-0.1, -0.05) is 70.5 Å². The van der Waals surface area contributed by atoms with Crippen molar-refractivity contribution in [3.05, 3.63) is 135 Å². The minimum Gasteiger partial charge on any atom is -0.494 e. The minimum absolute atomic E-state index is 0.0420. The fraction of sp³-hybridized carbons (Fsp3) is 0.212. The van der Waals surface area contributed by atoms with Gasteiger partial charge in [0.05, 0.1) is 6.61 Å². The van der Waals surface area contributed by atoms with Gasteiger partial charge in [-0.05, 0) is 53.6 Å². The molecule has 1 aliphatic heterocycles. The summed E-state index contributed by atoms with van der Waals surface area (Å²) in [5.41, 5.74) is 6.86. The molecule has 0 fully saturated rings. The van der Waals surface area contributed by atoms with Gasteiger partial charge in [0.15, 0.2) is 23.3 Å². The fourth-order valence-electron chi connectivity index (χ4n) is 4.84. The number of aliphatic hydroxyl groups excluding tert-OH is 1. The SMILES string of the molecule is O=C(NNCc1ccc(F)c(F)c1)[C@@]1(Cc2ccccc2)N=C(c2ccc(OCCCO)cc2)O[C@H]1c1ccccc1Br. The van der Waals surface area contributed by atoms with Gasteiger partial charge in [0, 0.05) is 41.6 Å². The van der Waals surface area contributed by atoms with Gasteiger partial charge >= 0.3 is 0 Å². The molecule has 0 aliphatic carbocycles.